The van der Waals surface area contributed by atoms with Crippen LogP contribution in [0.25, 0.3) is 22.0 Å². The van der Waals surface area contributed by atoms with Crippen LogP contribution in [0, 0.1) is 12.7 Å². The second-order valence-corrected chi connectivity index (χ2v) is 5.58. The van der Waals surface area contributed by atoms with Gasteiger partial charge in [-0.05, 0) is 37.0 Å². The van der Waals surface area contributed by atoms with Gasteiger partial charge in [-0.1, -0.05) is 30.3 Å². The zero-order chi connectivity index (χ0) is 13.7. The van der Waals surface area contributed by atoms with Crippen LogP contribution in [0.2, 0.25) is 0 Å². The summed E-state index contributed by atoms with van der Waals surface area (Å²) in [5, 5.41) is 1.22. The summed E-state index contributed by atoms with van der Waals surface area (Å²) < 4.78 is 16.4. The van der Waals surface area contributed by atoms with E-state index in [-0.39, 0.29) is 5.82 Å². The summed E-state index contributed by atoms with van der Waals surface area (Å²) >= 11 is 0. The molecular formula is C18H16FN. The number of aryl methyl sites for hydroxylation is 3. The first kappa shape index (κ1) is 11.7. The molecule has 1 nitrogen and oxygen atoms in total. The molecule has 2 heterocycles. The van der Waals surface area contributed by atoms with Crippen molar-refractivity contribution in [2.75, 3.05) is 0 Å². The first-order valence-electron chi connectivity index (χ1n) is 7.12. The summed E-state index contributed by atoms with van der Waals surface area (Å²) in [6, 6.07) is 11.4. The lowest BCUT2D eigenvalue weighted by molar-refractivity contribution is 0.629. The predicted molar refractivity (Wildman–Crippen MR) is 80.4 cm³/mol. The normalized spacial score (nSPS) is 13.9. The largest absolute Gasteiger partial charge is 0.347 e. The average Bonchev–Trinajstić information content (AvgIpc) is 2.85. The van der Waals surface area contributed by atoms with E-state index in [0.717, 1.165) is 24.9 Å². The maximum Gasteiger partial charge on any atom is 0.131 e. The van der Waals surface area contributed by atoms with Crippen LogP contribution in [0.5, 0.6) is 0 Å². The highest BCUT2D eigenvalue weighted by molar-refractivity contribution is 6.00. The molecule has 2 aromatic carbocycles. The molecule has 0 unspecified atom stereocenters. The lowest BCUT2D eigenvalue weighted by Gasteiger charge is -2.16. The van der Waals surface area contributed by atoms with Gasteiger partial charge in [-0.3, -0.25) is 0 Å². The molecule has 0 amide bonds. The second kappa shape index (κ2) is 4.20. The molecule has 1 aromatic heterocycles. The van der Waals surface area contributed by atoms with Crippen molar-refractivity contribution in [2.24, 2.45) is 0 Å². The van der Waals surface area contributed by atoms with E-state index < -0.39 is 0 Å². The summed E-state index contributed by atoms with van der Waals surface area (Å²) in [7, 11) is 0. The quantitative estimate of drug-likeness (QED) is 0.601. The molecule has 0 atom stereocenters. The number of benzene rings is 2. The van der Waals surface area contributed by atoms with Crippen LogP contribution >= 0.6 is 0 Å². The summed E-state index contributed by atoms with van der Waals surface area (Å²) in [4.78, 5) is 0. The first-order valence-corrected chi connectivity index (χ1v) is 7.12. The van der Waals surface area contributed by atoms with Crippen molar-refractivity contribution in [3.05, 3.63) is 59.5 Å². The van der Waals surface area contributed by atoms with Gasteiger partial charge in [0.1, 0.15) is 5.82 Å². The Morgan fingerprint density at radius 1 is 1.05 bits per heavy atom. The predicted octanol–water partition coefficient (Wildman–Crippen LogP) is 4.70. The van der Waals surface area contributed by atoms with E-state index in [1.54, 1.807) is 6.07 Å². The zero-order valence-corrected chi connectivity index (χ0v) is 11.5. The highest BCUT2D eigenvalue weighted by atomic mass is 19.1. The lowest BCUT2D eigenvalue weighted by Crippen LogP contribution is -2.06. The molecule has 1 aliphatic heterocycles. The Kier molecular flexibility index (Phi) is 2.46. The maximum absolute atomic E-state index is 14.2. The third-order valence-electron chi connectivity index (χ3n) is 4.32. The molecule has 0 aliphatic carbocycles. The van der Waals surface area contributed by atoms with Gasteiger partial charge in [-0.15, -0.1) is 0 Å². The fourth-order valence-electron chi connectivity index (χ4n) is 3.39. The van der Waals surface area contributed by atoms with E-state index in [4.69, 9.17) is 0 Å². The number of aromatic nitrogens is 1. The summed E-state index contributed by atoms with van der Waals surface area (Å²) in [6.07, 6.45) is 4.41. The molecular weight excluding hydrogens is 249 g/mol. The standard InChI is InChI=1S/C18H16FN/c1-12-8-9-13-5-4-10-20-11-15(17(12)18(13)20)14-6-2-3-7-16(14)19/h2-3,6-9,11H,4-5,10H2,1H3. The Morgan fingerprint density at radius 2 is 1.90 bits per heavy atom. The highest BCUT2D eigenvalue weighted by Gasteiger charge is 2.19. The van der Waals surface area contributed by atoms with Crippen LogP contribution in [0.1, 0.15) is 17.5 Å². The Bertz CT molecular complexity index is 814. The molecule has 100 valence electrons. The molecule has 0 fully saturated rings. The van der Waals surface area contributed by atoms with Crippen molar-refractivity contribution < 1.29 is 4.39 Å². The van der Waals surface area contributed by atoms with Crippen LogP contribution in [0.4, 0.5) is 4.39 Å². The summed E-state index contributed by atoms with van der Waals surface area (Å²) in [5.74, 6) is -0.143. The van der Waals surface area contributed by atoms with Gasteiger partial charge >= 0.3 is 0 Å². The Hall–Kier alpha value is -2.09. The van der Waals surface area contributed by atoms with Gasteiger partial charge in [0.05, 0.1) is 5.52 Å². The SMILES string of the molecule is Cc1ccc2c3c1c(-c1ccccc1F)cn3CCC2. The van der Waals surface area contributed by atoms with Gasteiger partial charge < -0.3 is 4.57 Å². The third-order valence-corrected chi connectivity index (χ3v) is 4.32. The van der Waals surface area contributed by atoms with Crippen molar-refractivity contribution >= 4 is 10.9 Å². The van der Waals surface area contributed by atoms with E-state index >= 15 is 0 Å². The second-order valence-electron chi connectivity index (χ2n) is 5.58. The average molecular weight is 265 g/mol. The molecule has 0 saturated heterocycles. The topological polar surface area (TPSA) is 4.93 Å². The third kappa shape index (κ3) is 1.54. The van der Waals surface area contributed by atoms with Gasteiger partial charge in [-0.2, -0.15) is 0 Å². The Labute approximate surface area is 117 Å². The van der Waals surface area contributed by atoms with E-state index in [9.17, 15) is 4.39 Å². The molecule has 4 rings (SSSR count). The van der Waals surface area contributed by atoms with Crippen LogP contribution < -0.4 is 0 Å². The molecule has 2 heteroatoms. The number of hydrogen-bond acceptors (Lipinski definition) is 0. The lowest BCUT2D eigenvalue weighted by atomic mass is 9.96. The fourth-order valence-corrected chi connectivity index (χ4v) is 3.39. The first-order chi connectivity index (χ1) is 9.75. The minimum Gasteiger partial charge on any atom is -0.347 e. The van der Waals surface area contributed by atoms with Crippen molar-refractivity contribution in [1.82, 2.24) is 4.57 Å². The Balaban J connectivity index is 2.12. The van der Waals surface area contributed by atoms with Gasteiger partial charge in [0, 0.05) is 29.3 Å². The van der Waals surface area contributed by atoms with Crippen molar-refractivity contribution in [3.63, 3.8) is 0 Å². The number of rotatable bonds is 1. The van der Waals surface area contributed by atoms with Gasteiger partial charge in [0.2, 0.25) is 0 Å². The Morgan fingerprint density at radius 3 is 2.75 bits per heavy atom. The van der Waals surface area contributed by atoms with Crippen LogP contribution in [-0.2, 0) is 13.0 Å². The van der Waals surface area contributed by atoms with Gasteiger partial charge in [0.15, 0.2) is 0 Å². The minimum atomic E-state index is -0.143. The fraction of sp³-hybridized carbons (Fsp3) is 0.222. The molecule has 1 aliphatic rings. The number of nitrogens with zero attached hydrogens (tertiary/aromatic N) is 1. The van der Waals surface area contributed by atoms with E-state index in [1.165, 1.54) is 28.1 Å². The summed E-state index contributed by atoms with van der Waals surface area (Å²) in [5.41, 5.74) is 5.65. The van der Waals surface area contributed by atoms with Crippen LogP contribution in [0.3, 0.4) is 0 Å². The van der Waals surface area contributed by atoms with E-state index in [2.05, 4.69) is 29.8 Å². The van der Waals surface area contributed by atoms with Gasteiger partial charge in [0.25, 0.3) is 0 Å². The number of halogens is 1. The van der Waals surface area contributed by atoms with Crippen LogP contribution in [-0.4, -0.2) is 4.57 Å². The monoisotopic (exact) mass is 265 g/mol. The molecule has 20 heavy (non-hydrogen) atoms. The maximum atomic E-state index is 14.2. The molecule has 3 aromatic rings. The van der Waals surface area contributed by atoms with Gasteiger partial charge in [-0.25, -0.2) is 4.39 Å². The van der Waals surface area contributed by atoms with E-state index in [1.807, 2.05) is 12.1 Å². The van der Waals surface area contributed by atoms with Crippen molar-refractivity contribution in [2.45, 2.75) is 26.3 Å². The van der Waals surface area contributed by atoms with E-state index in [0.29, 0.717) is 5.56 Å². The molecule has 0 bridgehead atoms. The molecule has 0 N–H and O–H groups in total. The smallest absolute Gasteiger partial charge is 0.131 e. The molecule has 0 radical (unpaired) electrons. The van der Waals surface area contributed by atoms with Crippen molar-refractivity contribution in [3.8, 4) is 11.1 Å². The van der Waals surface area contributed by atoms with Crippen LogP contribution in [0.15, 0.2) is 42.6 Å². The minimum absolute atomic E-state index is 0.143. The molecule has 0 saturated carbocycles. The highest BCUT2D eigenvalue weighted by Crippen LogP contribution is 2.38. The number of hydrogen-bond donors (Lipinski definition) is 0. The van der Waals surface area contributed by atoms with Crippen molar-refractivity contribution in [1.29, 1.82) is 0 Å². The zero-order valence-electron chi connectivity index (χ0n) is 11.5. The summed E-state index contributed by atoms with van der Waals surface area (Å²) in [6.45, 7) is 3.14. The molecule has 0 spiro atoms.